The number of β-lactam (4-membered cyclic amide) rings is 1. The minimum absolute atomic E-state index is 0.103. The predicted molar refractivity (Wildman–Crippen MR) is 121 cm³/mol. The number of amides is 2. The van der Waals surface area contributed by atoms with Gasteiger partial charge in [-0.05, 0) is 35.8 Å². The van der Waals surface area contributed by atoms with E-state index in [1.807, 2.05) is 0 Å². The first-order valence-electron chi connectivity index (χ1n) is 10.5. The molecule has 0 bridgehead atoms. The Labute approximate surface area is 211 Å². The van der Waals surface area contributed by atoms with E-state index in [9.17, 15) is 37.5 Å². The number of carbonyl (C=O) groups is 5. The Morgan fingerprint density at radius 3 is 2.19 bits per heavy atom. The van der Waals surface area contributed by atoms with Gasteiger partial charge in [0.2, 0.25) is 11.8 Å². The lowest BCUT2D eigenvalue weighted by atomic mass is 10.0. The van der Waals surface area contributed by atoms with Crippen molar-refractivity contribution in [2.75, 3.05) is 12.3 Å². The molecule has 15 heteroatoms. The van der Waals surface area contributed by atoms with Gasteiger partial charge in [0.05, 0.1) is 5.56 Å². The van der Waals surface area contributed by atoms with E-state index in [1.165, 1.54) is 28.8 Å². The van der Waals surface area contributed by atoms with Crippen LogP contribution in [0.25, 0.3) is 0 Å². The molecule has 0 radical (unpaired) electrons. The number of nitrogens with zero attached hydrogens (tertiary/aromatic N) is 2. The molecule has 1 aromatic rings. The fourth-order valence-electron chi connectivity index (χ4n) is 3.79. The third-order valence-electron chi connectivity index (χ3n) is 5.62. The van der Waals surface area contributed by atoms with Gasteiger partial charge in [-0.3, -0.25) is 14.5 Å². The highest BCUT2D eigenvalue weighted by atomic mass is 32.2. The first-order chi connectivity index (χ1) is 17.2. The number of aliphatic carboxylic acids is 2. The van der Waals surface area contributed by atoms with Crippen LogP contribution < -0.4 is 5.73 Å². The van der Waals surface area contributed by atoms with Gasteiger partial charge in [0.25, 0.3) is 0 Å². The Kier molecular flexibility index (Phi) is 7.97. The zero-order chi connectivity index (χ0) is 27.7. The first kappa shape index (κ1) is 27.7. The minimum Gasteiger partial charge on any atom is -0.478 e. The lowest BCUT2D eigenvalue weighted by molar-refractivity contribution is -0.192. The van der Waals surface area contributed by atoms with E-state index in [4.69, 9.17) is 20.7 Å². The van der Waals surface area contributed by atoms with Crippen molar-refractivity contribution in [3.05, 3.63) is 58.3 Å². The Morgan fingerprint density at radius 2 is 1.68 bits per heavy atom. The summed E-state index contributed by atoms with van der Waals surface area (Å²) < 4.78 is 31.7. The molecule has 11 nitrogen and oxygen atoms in total. The number of fused-ring (bicyclic) bond motifs is 1. The molecule has 0 aliphatic carbocycles. The van der Waals surface area contributed by atoms with Crippen molar-refractivity contribution in [2.24, 2.45) is 5.73 Å². The van der Waals surface area contributed by atoms with Gasteiger partial charge < -0.3 is 26.0 Å². The van der Waals surface area contributed by atoms with Crippen LogP contribution in [-0.4, -0.2) is 84.7 Å². The molecule has 5 N–H and O–H groups in total. The Balaban J connectivity index is 0.000000479. The van der Waals surface area contributed by atoms with Crippen molar-refractivity contribution in [1.29, 1.82) is 0 Å². The zero-order valence-electron chi connectivity index (χ0n) is 18.8. The number of nitrogens with two attached hydrogens (primary N) is 1. The number of rotatable bonds is 5. The average molecular weight is 543 g/mol. The monoisotopic (exact) mass is 543 g/mol. The molecule has 2 amide bonds. The van der Waals surface area contributed by atoms with E-state index in [0.29, 0.717) is 36.4 Å². The van der Waals surface area contributed by atoms with Gasteiger partial charge >= 0.3 is 24.1 Å². The maximum Gasteiger partial charge on any atom is 0.490 e. The average Bonchev–Trinajstić information content (AvgIpc) is 3.16. The Hall–Kier alpha value is -3.85. The number of carboxylic acid groups (broad SMARTS) is 3. The van der Waals surface area contributed by atoms with Crippen LogP contribution in [0.2, 0.25) is 0 Å². The number of thioether (sulfide) groups is 1. The molecular weight excluding hydrogens is 523 g/mol. The van der Waals surface area contributed by atoms with Crippen LogP contribution in [0.5, 0.6) is 0 Å². The molecule has 198 valence electrons. The maximum absolute atomic E-state index is 12.8. The van der Waals surface area contributed by atoms with Gasteiger partial charge in [-0.1, -0.05) is 12.1 Å². The van der Waals surface area contributed by atoms with Crippen LogP contribution in [0.4, 0.5) is 13.2 Å². The van der Waals surface area contributed by atoms with Gasteiger partial charge in [-0.2, -0.15) is 13.2 Å². The minimum atomic E-state index is -5.08. The molecule has 2 fully saturated rings. The summed E-state index contributed by atoms with van der Waals surface area (Å²) in [5.41, 5.74) is 7.54. The number of allylic oxidation sites excluding steroid dienone is 1. The van der Waals surface area contributed by atoms with Crippen molar-refractivity contribution < 1.29 is 52.5 Å². The summed E-state index contributed by atoms with van der Waals surface area (Å²) in [6, 6.07) is 5.61. The molecule has 0 spiro atoms. The zero-order valence-corrected chi connectivity index (χ0v) is 19.6. The van der Waals surface area contributed by atoms with Crippen LogP contribution in [0.15, 0.2) is 47.2 Å². The number of carboxylic acids is 3. The normalized spacial score (nSPS) is 22.3. The summed E-state index contributed by atoms with van der Waals surface area (Å²) in [7, 11) is 0. The van der Waals surface area contributed by atoms with E-state index in [0.717, 1.165) is 5.56 Å². The van der Waals surface area contributed by atoms with Gasteiger partial charge in [-0.25, -0.2) is 14.4 Å². The lowest BCUT2D eigenvalue weighted by Crippen LogP contribution is -2.68. The van der Waals surface area contributed by atoms with E-state index >= 15 is 0 Å². The summed E-state index contributed by atoms with van der Waals surface area (Å²) in [5, 5.41) is 25.3. The third-order valence-corrected chi connectivity index (χ3v) is 6.94. The van der Waals surface area contributed by atoms with E-state index in [1.54, 1.807) is 23.1 Å². The molecule has 3 heterocycles. The standard InChI is InChI=1S/C20H19N3O6S.C2HF3O2/c21-14-17(25)23-15(20(28)29)13(9-30-18(14)23)7-12-5-6-22(16(12)24)8-10-1-3-11(4-2-10)19(26)27;3-2(4,5)1(6)7/h1-4,7,14,18H,5-6,8-9,21H2,(H,26,27)(H,28,29);(H,6,7)/t14-,18-;/m1./s1. The third kappa shape index (κ3) is 5.94. The molecule has 0 unspecified atom stereocenters. The van der Waals surface area contributed by atoms with Crippen molar-refractivity contribution in [3.63, 3.8) is 0 Å². The molecule has 4 rings (SSSR count). The highest BCUT2D eigenvalue weighted by molar-refractivity contribution is 8.00. The summed E-state index contributed by atoms with van der Waals surface area (Å²) in [5.74, 6) is -5.25. The first-order valence-corrected chi connectivity index (χ1v) is 11.6. The largest absolute Gasteiger partial charge is 0.490 e. The van der Waals surface area contributed by atoms with Crippen LogP contribution in [0, 0.1) is 0 Å². The number of hydrogen-bond acceptors (Lipinski definition) is 7. The molecule has 2 saturated heterocycles. The highest BCUT2D eigenvalue weighted by Crippen LogP contribution is 2.40. The summed E-state index contributed by atoms with van der Waals surface area (Å²) in [4.78, 5) is 59.3. The fourth-order valence-corrected chi connectivity index (χ4v) is 5.04. The van der Waals surface area contributed by atoms with Gasteiger partial charge in [-0.15, -0.1) is 11.8 Å². The molecule has 2 atom stereocenters. The molecular formula is C22H20F3N3O8S. The van der Waals surface area contributed by atoms with Crippen molar-refractivity contribution in [3.8, 4) is 0 Å². The second-order valence-corrected chi connectivity index (χ2v) is 9.17. The van der Waals surface area contributed by atoms with E-state index in [2.05, 4.69) is 0 Å². The second kappa shape index (κ2) is 10.6. The number of benzene rings is 1. The SMILES string of the molecule is N[C@@H]1C(=O)N2C(C(=O)O)=C(C=C3CCN(Cc4ccc(C(=O)O)cc4)C3=O)CS[C@H]12.O=C(O)C(F)(F)F. The lowest BCUT2D eigenvalue weighted by Gasteiger charge is -2.47. The summed E-state index contributed by atoms with van der Waals surface area (Å²) in [6.45, 7) is 0.807. The molecule has 0 aromatic heterocycles. The van der Waals surface area contributed by atoms with E-state index in [-0.39, 0.29) is 22.5 Å². The van der Waals surface area contributed by atoms with E-state index < -0.39 is 36.0 Å². The van der Waals surface area contributed by atoms with Crippen molar-refractivity contribution in [2.45, 2.75) is 30.6 Å². The molecule has 1 aromatic carbocycles. The molecule has 37 heavy (non-hydrogen) atoms. The van der Waals surface area contributed by atoms with Crippen molar-refractivity contribution in [1.82, 2.24) is 9.80 Å². The molecule has 0 saturated carbocycles. The van der Waals surface area contributed by atoms with Gasteiger partial charge in [0, 0.05) is 24.4 Å². The van der Waals surface area contributed by atoms with Crippen LogP contribution in [0.3, 0.4) is 0 Å². The number of halogens is 3. The van der Waals surface area contributed by atoms with Crippen LogP contribution in [-0.2, 0) is 25.7 Å². The van der Waals surface area contributed by atoms with Crippen LogP contribution in [0.1, 0.15) is 22.3 Å². The second-order valence-electron chi connectivity index (χ2n) is 8.07. The number of hydrogen-bond donors (Lipinski definition) is 4. The summed E-state index contributed by atoms with van der Waals surface area (Å²) >= 11 is 1.39. The predicted octanol–water partition coefficient (Wildman–Crippen LogP) is 1.26. The van der Waals surface area contributed by atoms with Crippen molar-refractivity contribution >= 4 is 41.5 Å². The Bertz CT molecular complexity index is 1210. The quantitative estimate of drug-likeness (QED) is 0.312. The van der Waals surface area contributed by atoms with Gasteiger partial charge in [0.1, 0.15) is 17.1 Å². The highest BCUT2D eigenvalue weighted by Gasteiger charge is 2.51. The fraction of sp³-hybridized carbons (Fsp3) is 0.318. The number of aromatic carboxylic acids is 1. The number of likely N-dealkylation sites (tertiary alicyclic amines) is 1. The maximum atomic E-state index is 12.8. The van der Waals surface area contributed by atoms with Gasteiger partial charge in [0.15, 0.2) is 0 Å². The number of alkyl halides is 3. The summed E-state index contributed by atoms with van der Waals surface area (Å²) in [6.07, 6.45) is -3.04. The molecule has 3 aliphatic heterocycles. The topological polar surface area (TPSA) is 179 Å². The number of carbonyl (C=O) groups excluding carboxylic acids is 2. The smallest absolute Gasteiger partial charge is 0.478 e. The Morgan fingerprint density at radius 1 is 1.08 bits per heavy atom. The van der Waals surface area contributed by atoms with Crippen LogP contribution >= 0.6 is 11.8 Å². The molecule has 3 aliphatic rings.